The molecule has 0 aliphatic carbocycles. The van der Waals surface area contributed by atoms with Gasteiger partial charge in [0.25, 0.3) is 0 Å². The van der Waals surface area contributed by atoms with Gasteiger partial charge in [-0.25, -0.2) is 28.1 Å². The summed E-state index contributed by atoms with van der Waals surface area (Å²) in [6.45, 7) is 6.46. The molecule has 3 rings (SSSR count). The van der Waals surface area contributed by atoms with Crippen molar-refractivity contribution in [2.75, 3.05) is 11.2 Å². The Balaban J connectivity index is 1.99. The SMILES string of the molecule is CCS(=O)(=O)c1cc(NNC(=O)OC(C)(C)C)cnc1-c1ccn2nc(C(F)(F)F)cc2n1. The van der Waals surface area contributed by atoms with Gasteiger partial charge in [-0.2, -0.15) is 18.3 Å². The second-order valence-corrected chi connectivity index (χ2v) is 10.1. The number of rotatable bonds is 5. The van der Waals surface area contributed by atoms with Crippen molar-refractivity contribution in [3.8, 4) is 11.4 Å². The molecule has 0 unspecified atom stereocenters. The van der Waals surface area contributed by atoms with Crippen LogP contribution in [0, 0.1) is 0 Å². The summed E-state index contributed by atoms with van der Waals surface area (Å²) < 4.78 is 70.2. The van der Waals surface area contributed by atoms with Crippen molar-refractivity contribution in [1.82, 2.24) is 25.0 Å². The van der Waals surface area contributed by atoms with Gasteiger partial charge in [0.05, 0.1) is 28.2 Å². The molecule has 178 valence electrons. The van der Waals surface area contributed by atoms with Gasteiger partial charge in [-0.05, 0) is 32.9 Å². The van der Waals surface area contributed by atoms with E-state index in [2.05, 4.69) is 25.9 Å². The van der Waals surface area contributed by atoms with E-state index in [0.717, 1.165) is 10.6 Å². The van der Waals surface area contributed by atoms with Gasteiger partial charge in [0.1, 0.15) is 11.3 Å². The molecule has 2 N–H and O–H groups in total. The Bertz CT molecular complexity index is 1300. The molecule has 3 aromatic rings. The van der Waals surface area contributed by atoms with E-state index < -0.39 is 33.4 Å². The molecular formula is C19H21F3N6O4S. The highest BCUT2D eigenvalue weighted by Gasteiger charge is 2.34. The predicted octanol–water partition coefficient (Wildman–Crippen LogP) is 3.46. The summed E-state index contributed by atoms with van der Waals surface area (Å²) in [6.07, 6.45) is -2.98. The number of carbonyl (C=O) groups excluding carboxylic acids is 1. The van der Waals surface area contributed by atoms with E-state index in [-0.39, 0.29) is 33.4 Å². The number of hydrogen-bond acceptors (Lipinski definition) is 8. The lowest BCUT2D eigenvalue weighted by Crippen LogP contribution is -2.35. The zero-order valence-corrected chi connectivity index (χ0v) is 18.9. The van der Waals surface area contributed by atoms with Gasteiger partial charge in [0.2, 0.25) is 0 Å². The van der Waals surface area contributed by atoms with Crippen LogP contribution in [0.15, 0.2) is 35.5 Å². The predicted molar refractivity (Wildman–Crippen MR) is 112 cm³/mol. The molecule has 0 spiro atoms. The summed E-state index contributed by atoms with van der Waals surface area (Å²) in [5, 5.41) is 3.41. The van der Waals surface area contributed by atoms with E-state index in [1.807, 2.05) is 0 Å². The lowest BCUT2D eigenvalue weighted by atomic mass is 10.2. The zero-order valence-electron chi connectivity index (χ0n) is 18.1. The van der Waals surface area contributed by atoms with E-state index >= 15 is 0 Å². The Labute approximate surface area is 187 Å². The van der Waals surface area contributed by atoms with E-state index in [9.17, 15) is 26.4 Å². The van der Waals surface area contributed by atoms with Crippen LogP contribution in [0.25, 0.3) is 17.0 Å². The molecule has 33 heavy (non-hydrogen) atoms. The number of hydrazine groups is 1. The van der Waals surface area contributed by atoms with Crippen molar-refractivity contribution in [1.29, 1.82) is 0 Å². The largest absolute Gasteiger partial charge is 0.443 e. The number of carbonyl (C=O) groups is 1. The fourth-order valence-electron chi connectivity index (χ4n) is 2.67. The quantitative estimate of drug-likeness (QED) is 0.525. The maximum atomic E-state index is 12.9. The van der Waals surface area contributed by atoms with Crippen LogP contribution in [0.5, 0.6) is 0 Å². The highest BCUT2D eigenvalue weighted by atomic mass is 32.2. The summed E-state index contributed by atoms with van der Waals surface area (Å²) in [5.41, 5.74) is 2.91. The van der Waals surface area contributed by atoms with Gasteiger partial charge in [-0.3, -0.25) is 10.4 Å². The standard InChI is InChI=1S/C19H21F3N6O4S/c1-5-33(30,31)13-8-11(25-26-17(29)32-18(2,3)4)10-23-16(13)12-6-7-28-15(24-12)9-14(27-28)19(20,21)22/h6-10,25H,5H2,1-4H3,(H,26,29). The number of halogens is 3. The third-order valence-corrected chi connectivity index (χ3v) is 5.87. The number of pyridine rings is 1. The van der Waals surface area contributed by atoms with E-state index in [1.54, 1.807) is 20.8 Å². The second-order valence-electron chi connectivity index (χ2n) is 7.87. The van der Waals surface area contributed by atoms with E-state index in [1.165, 1.54) is 31.5 Å². The van der Waals surface area contributed by atoms with E-state index in [0.29, 0.717) is 0 Å². The number of sulfone groups is 1. The van der Waals surface area contributed by atoms with Crippen LogP contribution >= 0.6 is 0 Å². The number of aromatic nitrogens is 4. The van der Waals surface area contributed by atoms with Gasteiger partial charge in [-0.1, -0.05) is 6.92 Å². The fraction of sp³-hybridized carbons (Fsp3) is 0.368. The number of amides is 1. The Kier molecular flexibility index (Phi) is 6.24. The van der Waals surface area contributed by atoms with Gasteiger partial charge in [-0.15, -0.1) is 0 Å². The van der Waals surface area contributed by atoms with Crippen molar-refractivity contribution >= 4 is 27.3 Å². The highest BCUT2D eigenvalue weighted by molar-refractivity contribution is 7.91. The molecule has 0 saturated heterocycles. The van der Waals surface area contributed by atoms with Crippen molar-refractivity contribution in [3.05, 3.63) is 36.3 Å². The minimum Gasteiger partial charge on any atom is -0.443 e. The van der Waals surface area contributed by atoms with Crippen molar-refractivity contribution in [2.24, 2.45) is 0 Å². The van der Waals surface area contributed by atoms with Crippen LogP contribution in [0.1, 0.15) is 33.4 Å². The smallest absolute Gasteiger partial charge is 0.435 e. The highest BCUT2D eigenvalue weighted by Crippen LogP contribution is 2.30. The number of ether oxygens (including phenoxy) is 1. The third kappa shape index (κ3) is 5.69. The molecule has 0 aliphatic heterocycles. The summed E-state index contributed by atoms with van der Waals surface area (Å²) in [4.78, 5) is 19.8. The number of nitrogens with zero attached hydrogens (tertiary/aromatic N) is 4. The van der Waals surface area contributed by atoms with Gasteiger partial charge >= 0.3 is 12.3 Å². The monoisotopic (exact) mass is 486 g/mol. The van der Waals surface area contributed by atoms with Crippen molar-refractivity contribution in [2.45, 2.75) is 44.4 Å². The molecule has 3 heterocycles. The first-order chi connectivity index (χ1) is 15.2. The Morgan fingerprint density at radius 1 is 1.21 bits per heavy atom. The molecule has 0 atom stereocenters. The lowest BCUT2D eigenvalue weighted by Gasteiger charge is -2.20. The van der Waals surface area contributed by atoms with Crippen LogP contribution in [-0.2, 0) is 20.8 Å². The molecule has 0 aliphatic rings. The molecular weight excluding hydrogens is 465 g/mol. The molecule has 0 radical (unpaired) electrons. The Morgan fingerprint density at radius 2 is 1.91 bits per heavy atom. The lowest BCUT2D eigenvalue weighted by molar-refractivity contribution is -0.141. The zero-order chi connectivity index (χ0) is 24.6. The summed E-state index contributed by atoms with van der Waals surface area (Å²) >= 11 is 0. The number of hydrogen-bond donors (Lipinski definition) is 2. The van der Waals surface area contributed by atoms with Crippen LogP contribution in [0.3, 0.4) is 0 Å². The number of alkyl halides is 3. The molecule has 10 nitrogen and oxygen atoms in total. The number of fused-ring (bicyclic) bond motifs is 1. The Hall–Kier alpha value is -3.42. The summed E-state index contributed by atoms with van der Waals surface area (Å²) in [5.74, 6) is -0.266. The first-order valence-corrected chi connectivity index (χ1v) is 11.3. The topological polar surface area (TPSA) is 128 Å². The first-order valence-electron chi connectivity index (χ1n) is 9.61. The normalized spacial score (nSPS) is 12.6. The molecule has 1 amide bonds. The van der Waals surface area contributed by atoms with Crippen LogP contribution in [0.2, 0.25) is 0 Å². The van der Waals surface area contributed by atoms with Crippen LogP contribution < -0.4 is 10.9 Å². The first kappa shape index (κ1) is 24.2. The van der Waals surface area contributed by atoms with Crippen LogP contribution in [0.4, 0.5) is 23.7 Å². The minimum atomic E-state index is -4.66. The number of anilines is 1. The summed E-state index contributed by atoms with van der Waals surface area (Å²) in [7, 11) is -3.83. The average molecular weight is 486 g/mol. The molecule has 14 heteroatoms. The maximum Gasteiger partial charge on any atom is 0.435 e. The molecule has 0 saturated carbocycles. The molecule has 0 fully saturated rings. The van der Waals surface area contributed by atoms with Crippen molar-refractivity contribution < 1.29 is 31.1 Å². The van der Waals surface area contributed by atoms with Gasteiger partial charge in [0.15, 0.2) is 21.2 Å². The Morgan fingerprint density at radius 3 is 2.52 bits per heavy atom. The second kappa shape index (κ2) is 8.50. The van der Waals surface area contributed by atoms with Crippen LogP contribution in [-0.4, -0.2) is 45.4 Å². The molecule has 3 aromatic heterocycles. The van der Waals surface area contributed by atoms with Gasteiger partial charge in [0, 0.05) is 12.3 Å². The molecule has 0 bridgehead atoms. The fourth-order valence-corrected chi connectivity index (χ4v) is 3.74. The minimum absolute atomic E-state index is 0.0369. The van der Waals surface area contributed by atoms with E-state index in [4.69, 9.17) is 4.74 Å². The van der Waals surface area contributed by atoms with Crippen molar-refractivity contribution in [3.63, 3.8) is 0 Å². The average Bonchev–Trinajstić information content (AvgIpc) is 3.15. The number of nitrogens with one attached hydrogen (secondary N) is 2. The molecule has 0 aromatic carbocycles. The van der Waals surface area contributed by atoms with Gasteiger partial charge < -0.3 is 4.74 Å². The summed E-state index contributed by atoms with van der Waals surface area (Å²) in [6, 6.07) is 3.29. The third-order valence-electron chi connectivity index (χ3n) is 4.13. The maximum absolute atomic E-state index is 12.9.